The number of hydrogen-bond acceptors (Lipinski definition) is 4. The van der Waals surface area contributed by atoms with Crippen LogP contribution < -0.4 is 15.4 Å². The minimum atomic E-state index is -0.758. The number of rotatable bonds is 9. The molecule has 2 aromatic carbocycles. The maximum atomic E-state index is 13.5. The number of benzene rings is 2. The molecular weight excluding hydrogens is 349 g/mol. The summed E-state index contributed by atoms with van der Waals surface area (Å²) in [6.45, 7) is 0.751. The quantitative estimate of drug-likeness (QED) is 0.703. The Balaban J connectivity index is 1.84. The highest BCUT2D eigenvalue weighted by Crippen LogP contribution is 2.15. The average Bonchev–Trinajstić information content (AvgIpc) is 2.67. The van der Waals surface area contributed by atoms with Gasteiger partial charge in [-0.05, 0) is 24.7 Å². The molecule has 6 nitrogen and oxygen atoms in total. The van der Waals surface area contributed by atoms with Crippen LogP contribution in [-0.2, 0) is 9.59 Å². The van der Waals surface area contributed by atoms with Crippen molar-refractivity contribution in [2.45, 2.75) is 6.04 Å². The second-order valence-corrected chi connectivity index (χ2v) is 6.04. The number of nitrogens with one attached hydrogen (secondary N) is 2. The van der Waals surface area contributed by atoms with Gasteiger partial charge in [0.25, 0.3) is 0 Å². The lowest BCUT2D eigenvalue weighted by molar-refractivity contribution is -0.129. The number of nitrogens with zero attached hydrogens (tertiary/aromatic N) is 1. The van der Waals surface area contributed by atoms with E-state index in [-0.39, 0.29) is 30.7 Å². The molecular formula is C20H24FN3O3. The Morgan fingerprint density at radius 1 is 1.11 bits per heavy atom. The van der Waals surface area contributed by atoms with E-state index in [1.807, 2.05) is 18.2 Å². The van der Waals surface area contributed by atoms with Crippen LogP contribution in [0.1, 0.15) is 11.6 Å². The van der Waals surface area contributed by atoms with E-state index in [1.54, 1.807) is 42.3 Å². The number of likely N-dealkylation sites (N-methyl/N-ethyl adjacent to an activating group) is 2. The topological polar surface area (TPSA) is 70.7 Å². The van der Waals surface area contributed by atoms with E-state index in [0.29, 0.717) is 12.1 Å². The molecule has 0 fully saturated rings. The van der Waals surface area contributed by atoms with Gasteiger partial charge in [0.15, 0.2) is 11.6 Å². The molecule has 144 valence electrons. The van der Waals surface area contributed by atoms with Gasteiger partial charge in [-0.3, -0.25) is 14.5 Å². The maximum absolute atomic E-state index is 13.5. The smallest absolute Gasteiger partial charge is 0.246 e. The molecule has 7 heteroatoms. The highest BCUT2D eigenvalue weighted by Gasteiger charge is 2.22. The van der Waals surface area contributed by atoms with Crippen molar-refractivity contribution in [1.82, 2.24) is 15.5 Å². The summed E-state index contributed by atoms with van der Waals surface area (Å²) in [7, 11) is 3.28. The van der Waals surface area contributed by atoms with Gasteiger partial charge in [0.05, 0.1) is 6.54 Å². The van der Waals surface area contributed by atoms with E-state index < -0.39 is 11.9 Å². The lowest BCUT2D eigenvalue weighted by Crippen LogP contribution is -2.43. The number of halogens is 1. The van der Waals surface area contributed by atoms with E-state index in [0.717, 1.165) is 0 Å². The molecule has 0 aliphatic heterocycles. The molecule has 0 saturated carbocycles. The lowest BCUT2D eigenvalue weighted by Gasteiger charge is -2.21. The highest BCUT2D eigenvalue weighted by atomic mass is 19.1. The minimum absolute atomic E-state index is 0.0843. The van der Waals surface area contributed by atoms with E-state index in [2.05, 4.69) is 10.6 Å². The van der Waals surface area contributed by atoms with Crippen LogP contribution in [0.5, 0.6) is 5.75 Å². The predicted molar refractivity (Wildman–Crippen MR) is 101 cm³/mol. The second-order valence-electron chi connectivity index (χ2n) is 6.04. The van der Waals surface area contributed by atoms with Crippen molar-refractivity contribution in [2.24, 2.45) is 0 Å². The first kappa shape index (κ1) is 20.4. The third kappa shape index (κ3) is 6.38. The largest absolute Gasteiger partial charge is 0.489 e. The number of ether oxygens (including phenoxy) is 1. The van der Waals surface area contributed by atoms with Gasteiger partial charge in [0, 0.05) is 13.6 Å². The molecule has 0 bridgehead atoms. The molecule has 2 aromatic rings. The summed E-state index contributed by atoms with van der Waals surface area (Å²) in [6, 6.07) is 14.4. The molecule has 0 radical (unpaired) electrons. The molecule has 0 saturated heterocycles. The summed E-state index contributed by atoms with van der Waals surface area (Å²) in [6.07, 6.45) is 0. The van der Waals surface area contributed by atoms with Crippen molar-refractivity contribution >= 4 is 11.8 Å². The summed E-state index contributed by atoms with van der Waals surface area (Å²) >= 11 is 0. The van der Waals surface area contributed by atoms with Crippen LogP contribution in [0.15, 0.2) is 54.6 Å². The van der Waals surface area contributed by atoms with Crippen LogP contribution in [0.3, 0.4) is 0 Å². The van der Waals surface area contributed by atoms with Gasteiger partial charge in [-0.15, -0.1) is 0 Å². The van der Waals surface area contributed by atoms with Crippen molar-refractivity contribution < 1.29 is 18.7 Å². The minimum Gasteiger partial charge on any atom is -0.489 e. The Bertz CT molecular complexity index is 755. The van der Waals surface area contributed by atoms with Gasteiger partial charge in [0.2, 0.25) is 11.8 Å². The van der Waals surface area contributed by atoms with Crippen LogP contribution in [0, 0.1) is 5.82 Å². The van der Waals surface area contributed by atoms with Gasteiger partial charge < -0.3 is 15.4 Å². The van der Waals surface area contributed by atoms with E-state index in [4.69, 9.17) is 4.74 Å². The zero-order valence-corrected chi connectivity index (χ0v) is 15.4. The zero-order chi connectivity index (χ0) is 19.6. The molecule has 27 heavy (non-hydrogen) atoms. The predicted octanol–water partition coefficient (Wildman–Crippen LogP) is 1.74. The first-order valence-electron chi connectivity index (χ1n) is 8.63. The molecule has 2 N–H and O–H groups in total. The van der Waals surface area contributed by atoms with Crippen LogP contribution >= 0.6 is 0 Å². The number of amides is 2. The maximum Gasteiger partial charge on any atom is 0.246 e. The number of carbonyl (C=O) groups is 2. The Kier molecular flexibility index (Phi) is 7.76. The average molecular weight is 373 g/mol. The standard InChI is InChI=1S/C20H24FN3O3/c1-22-20(26)19(15-8-4-3-5-9-15)23-18(25)14-24(2)12-13-27-17-11-7-6-10-16(17)21/h3-11,19H,12-14H2,1-2H3,(H,22,26)(H,23,25). The summed E-state index contributed by atoms with van der Waals surface area (Å²) < 4.78 is 18.9. The molecule has 0 aliphatic rings. The van der Waals surface area contributed by atoms with Gasteiger partial charge in [-0.2, -0.15) is 0 Å². The van der Waals surface area contributed by atoms with Crippen molar-refractivity contribution in [3.05, 3.63) is 66.0 Å². The summed E-state index contributed by atoms with van der Waals surface area (Å²) in [5, 5.41) is 5.30. The van der Waals surface area contributed by atoms with Crippen molar-refractivity contribution in [1.29, 1.82) is 0 Å². The fraction of sp³-hybridized carbons (Fsp3) is 0.300. The van der Waals surface area contributed by atoms with E-state index in [9.17, 15) is 14.0 Å². The number of para-hydroxylation sites is 1. The van der Waals surface area contributed by atoms with E-state index in [1.165, 1.54) is 13.1 Å². The van der Waals surface area contributed by atoms with E-state index >= 15 is 0 Å². The molecule has 0 aliphatic carbocycles. The van der Waals surface area contributed by atoms with Gasteiger partial charge in [-0.25, -0.2) is 4.39 Å². The molecule has 0 aromatic heterocycles. The molecule has 0 spiro atoms. The van der Waals surface area contributed by atoms with Gasteiger partial charge in [0.1, 0.15) is 12.6 Å². The van der Waals surface area contributed by atoms with Crippen molar-refractivity contribution in [2.75, 3.05) is 33.8 Å². The Labute approximate surface area is 158 Å². The zero-order valence-electron chi connectivity index (χ0n) is 15.4. The summed E-state index contributed by atoms with van der Waals surface area (Å²) in [4.78, 5) is 26.1. The molecule has 2 amide bonds. The van der Waals surface area contributed by atoms with Crippen molar-refractivity contribution in [3.63, 3.8) is 0 Å². The number of carbonyl (C=O) groups excluding carboxylic acids is 2. The number of hydrogen-bond donors (Lipinski definition) is 2. The van der Waals surface area contributed by atoms with Gasteiger partial charge in [-0.1, -0.05) is 42.5 Å². The van der Waals surface area contributed by atoms with Crippen LogP contribution in [0.2, 0.25) is 0 Å². The fourth-order valence-corrected chi connectivity index (χ4v) is 2.49. The molecule has 1 atom stereocenters. The first-order chi connectivity index (χ1) is 13.0. The highest BCUT2D eigenvalue weighted by molar-refractivity contribution is 5.89. The third-order valence-electron chi connectivity index (χ3n) is 3.93. The second kappa shape index (κ2) is 10.3. The molecule has 1 unspecified atom stereocenters. The Morgan fingerprint density at radius 2 is 1.78 bits per heavy atom. The van der Waals surface area contributed by atoms with Crippen LogP contribution in [0.4, 0.5) is 4.39 Å². The SMILES string of the molecule is CNC(=O)C(NC(=O)CN(C)CCOc1ccccc1F)c1ccccc1. The third-order valence-corrected chi connectivity index (χ3v) is 3.93. The lowest BCUT2D eigenvalue weighted by atomic mass is 10.1. The normalized spacial score (nSPS) is 11.7. The monoisotopic (exact) mass is 373 g/mol. The Morgan fingerprint density at radius 3 is 2.44 bits per heavy atom. The first-order valence-corrected chi connectivity index (χ1v) is 8.63. The summed E-state index contributed by atoms with van der Waals surface area (Å²) in [5.74, 6) is -0.825. The van der Waals surface area contributed by atoms with Gasteiger partial charge >= 0.3 is 0 Å². The Hall–Kier alpha value is -2.93. The van der Waals surface area contributed by atoms with Crippen LogP contribution in [0.25, 0.3) is 0 Å². The fourth-order valence-electron chi connectivity index (χ4n) is 2.49. The van der Waals surface area contributed by atoms with Crippen LogP contribution in [-0.4, -0.2) is 50.5 Å². The summed E-state index contributed by atoms with van der Waals surface area (Å²) in [5.41, 5.74) is 0.704. The van der Waals surface area contributed by atoms with Crippen molar-refractivity contribution in [3.8, 4) is 5.75 Å². The molecule has 0 heterocycles. The molecule has 2 rings (SSSR count).